The van der Waals surface area contributed by atoms with Crippen LogP contribution in [0.1, 0.15) is 22.8 Å². The number of hydrogen-bond acceptors (Lipinski definition) is 4. The van der Waals surface area contributed by atoms with Gasteiger partial charge in [0.15, 0.2) is 0 Å². The van der Waals surface area contributed by atoms with Crippen molar-refractivity contribution in [2.75, 3.05) is 13.2 Å². The molecule has 0 heterocycles. The van der Waals surface area contributed by atoms with Crippen molar-refractivity contribution in [3.05, 3.63) is 59.7 Å². The van der Waals surface area contributed by atoms with E-state index in [4.69, 9.17) is 14.6 Å². The maximum atomic E-state index is 11.7. The number of phenols is 1. The van der Waals surface area contributed by atoms with E-state index in [9.17, 15) is 4.79 Å². The minimum absolute atomic E-state index is 0.116. The van der Waals surface area contributed by atoms with E-state index in [0.717, 1.165) is 12.2 Å². The van der Waals surface area contributed by atoms with Gasteiger partial charge in [0.1, 0.15) is 24.7 Å². The van der Waals surface area contributed by atoms with E-state index in [0.29, 0.717) is 12.2 Å². The van der Waals surface area contributed by atoms with Crippen LogP contribution in [0.5, 0.6) is 11.5 Å². The van der Waals surface area contributed by atoms with Crippen LogP contribution in [0, 0.1) is 0 Å². The lowest BCUT2D eigenvalue weighted by molar-refractivity contribution is 0.0450. The molecule has 0 unspecified atom stereocenters. The average molecular weight is 286 g/mol. The summed E-state index contributed by atoms with van der Waals surface area (Å²) in [5.41, 5.74) is 1.61. The summed E-state index contributed by atoms with van der Waals surface area (Å²) in [6.45, 7) is 2.56. The van der Waals surface area contributed by atoms with Gasteiger partial charge < -0.3 is 14.6 Å². The van der Waals surface area contributed by atoms with E-state index in [1.807, 2.05) is 24.3 Å². The lowest BCUT2D eigenvalue weighted by Gasteiger charge is -2.08. The minimum Gasteiger partial charge on any atom is -0.508 e. The number of phenolic OH excluding ortho intramolecular Hbond substituents is 1. The van der Waals surface area contributed by atoms with Crippen LogP contribution in [0.25, 0.3) is 0 Å². The summed E-state index contributed by atoms with van der Waals surface area (Å²) >= 11 is 0. The van der Waals surface area contributed by atoms with Crippen LogP contribution in [0.2, 0.25) is 0 Å². The van der Waals surface area contributed by atoms with Crippen molar-refractivity contribution in [3.63, 3.8) is 0 Å². The molecule has 0 aliphatic carbocycles. The normalized spacial score (nSPS) is 10.1. The second-order valence-corrected chi connectivity index (χ2v) is 4.53. The third-order valence-corrected chi connectivity index (χ3v) is 2.99. The van der Waals surface area contributed by atoms with E-state index >= 15 is 0 Å². The largest absolute Gasteiger partial charge is 0.508 e. The van der Waals surface area contributed by atoms with Crippen molar-refractivity contribution in [2.45, 2.75) is 13.3 Å². The van der Waals surface area contributed by atoms with Crippen molar-refractivity contribution in [1.82, 2.24) is 0 Å². The Labute approximate surface area is 123 Å². The molecule has 110 valence electrons. The molecular formula is C17H18O4. The van der Waals surface area contributed by atoms with E-state index in [1.54, 1.807) is 0 Å². The van der Waals surface area contributed by atoms with Gasteiger partial charge in [-0.05, 0) is 48.4 Å². The Morgan fingerprint density at radius 3 is 2.57 bits per heavy atom. The molecule has 2 aromatic rings. The predicted octanol–water partition coefficient (Wildman–Crippen LogP) is 3.19. The van der Waals surface area contributed by atoms with Crippen molar-refractivity contribution in [1.29, 1.82) is 0 Å². The fraction of sp³-hybridized carbons (Fsp3) is 0.235. The molecule has 0 atom stereocenters. The number of benzene rings is 2. The molecule has 0 bridgehead atoms. The smallest absolute Gasteiger partial charge is 0.338 e. The quantitative estimate of drug-likeness (QED) is 0.654. The minimum atomic E-state index is -0.430. The third-order valence-electron chi connectivity index (χ3n) is 2.99. The van der Waals surface area contributed by atoms with Gasteiger partial charge in [0.25, 0.3) is 0 Å². The highest BCUT2D eigenvalue weighted by molar-refractivity contribution is 5.89. The van der Waals surface area contributed by atoms with Crippen molar-refractivity contribution >= 4 is 5.97 Å². The van der Waals surface area contributed by atoms with Crippen LogP contribution in [0.3, 0.4) is 0 Å². The molecule has 0 aliphatic heterocycles. The first kappa shape index (κ1) is 14.9. The second-order valence-electron chi connectivity index (χ2n) is 4.53. The van der Waals surface area contributed by atoms with Gasteiger partial charge in [-0.2, -0.15) is 0 Å². The van der Waals surface area contributed by atoms with Crippen LogP contribution in [0.4, 0.5) is 0 Å². The van der Waals surface area contributed by atoms with Gasteiger partial charge in [0.2, 0.25) is 0 Å². The summed E-state index contributed by atoms with van der Waals surface area (Å²) in [4.78, 5) is 11.7. The lowest BCUT2D eigenvalue weighted by atomic mass is 10.2. The molecule has 0 spiro atoms. The fourth-order valence-corrected chi connectivity index (χ4v) is 1.83. The van der Waals surface area contributed by atoms with Gasteiger partial charge in [-0.25, -0.2) is 4.79 Å². The zero-order chi connectivity index (χ0) is 15.1. The molecular weight excluding hydrogens is 268 g/mol. The standard InChI is InChI=1S/C17H18O4/c1-2-13-4-3-5-16(12-13)20-10-11-21-17(19)14-6-8-15(18)9-7-14/h3-9,12,18H,2,10-11H2,1H3. The number of carbonyl (C=O) groups is 1. The summed E-state index contributed by atoms with van der Waals surface area (Å²) in [7, 11) is 0. The van der Waals surface area contributed by atoms with Crippen molar-refractivity contribution in [3.8, 4) is 11.5 Å². The molecule has 0 aromatic heterocycles. The molecule has 0 radical (unpaired) electrons. The topological polar surface area (TPSA) is 55.8 Å². The molecule has 2 rings (SSSR count). The van der Waals surface area contributed by atoms with Gasteiger partial charge in [0.05, 0.1) is 5.56 Å². The first-order valence-electron chi connectivity index (χ1n) is 6.87. The molecule has 0 aliphatic rings. The molecule has 0 saturated carbocycles. The number of rotatable bonds is 6. The number of carbonyl (C=O) groups excluding carboxylic acids is 1. The zero-order valence-electron chi connectivity index (χ0n) is 11.9. The SMILES string of the molecule is CCc1cccc(OCCOC(=O)c2ccc(O)cc2)c1. The zero-order valence-corrected chi connectivity index (χ0v) is 11.9. The molecule has 2 aromatic carbocycles. The first-order chi connectivity index (χ1) is 10.2. The summed E-state index contributed by atoms with van der Waals surface area (Å²) in [6, 6.07) is 13.8. The molecule has 1 N–H and O–H groups in total. The van der Waals surface area contributed by atoms with Crippen molar-refractivity contribution < 1.29 is 19.4 Å². The Hall–Kier alpha value is -2.49. The van der Waals surface area contributed by atoms with Gasteiger partial charge in [-0.3, -0.25) is 0 Å². The van der Waals surface area contributed by atoms with Crippen LogP contribution < -0.4 is 4.74 Å². The molecule has 0 amide bonds. The van der Waals surface area contributed by atoms with Crippen LogP contribution in [0.15, 0.2) is 48.5 Å². The molecule has 4 heteroatoms. The first-order valence-corrected chi connectivity index (χ1v) is 6.87. The van der Waals surface area contributed by atoms with Gasteiger partial charge in [-0.15, -0.1) is 0 Å². The Morgan fingerprint density at radius 2 is 1.86 bits per heavy atom. The maximum absolute atomic E-state index is 11.7. The van der Waals surface area contributed by atoms with E-state index < -0.39 is 5.97 Å². The maximum Gasteiger partial charge on any atom is 0.338 e. The number of aromatic hydroxyl groups is 1. The third kappa shape index (κ3) is 4.53. The molecule has 4 nitrogen and oxygen atoms in total. The number of aryl methyl sites for hydroxylation is 1. The van der Waals surface area contributed by atoms with Gasteiger partial charge >= 0.3 is 5.97 Å². The summed E-state index contributed by atoms with van der Waals surface area (Å²) < 4.78 is 10.6. The van der Waals surface area contributed by atoms with Crippen molar-refractivity contribution in [2.24, 2.45) is 0 Å². The van der Waals surface area contributed by atoms with Gasteiger partial charge in [0, 0.05) is 0 Å². The summed E-state index contributed by atoms with van der Waals surface area (Å²) in [5.74, 6) is 0.460. The molecule has 0 fully saturated rings. The average Bonchev–Trinajstić information content (AvgIpc) is 2.52. The highest BCUT2D eigenvalue weighted by atomic mass is 16.6. The Kier molecular flexibility index (Phi) is 5.21. The fourth-order valence-electron chi connectivity index (χ4n) is 1.83. The lowest BCUT2D eigenvalue weighted by Crippen LogP contribution is -2.12. The van der Waals surface area contributed by atoms with E-state index in [2.05, 4.69) is 6.92 Å². The van der Waals surface area contributed by atoms with Crippen LogP contribution in [-0.4, -0.2) is 24.3 Å². The monoisotopic (exact) mass is 286 g/mol. The highest BCUT2D eigenvalue weighted by Crippen LogP contribution is 2.14. The molecule has 21 heavy (non-hydrogen) atoms. The number of ether oxygens (including phenoxy) is 2. The second kappa shape index (κ2) is 7.33. The van der Waals surface area contributed by atoms with E-state index in [-0.39, 0.29) is 12.4 Å². The van der Waals surface area contributed by atoms with Gasteiger partial charge in [-0.1, -0.05) is 19.1 Å². The summed E-state index contributed by atoms with van der Waals surface area (Å²) in [5, 5.41) is 9.15. The number of hydrogen-bond donors (Lipinski definition) is 1. The van der Waals surface area contributed by atoms with Crippen LogP contribution >= 0.6 is 0 Å². The Morgan fingerprint density at radius 1 is 1.10 bits per heavy atom. The van der Waals surface area contributed by atoms with E-state index in [1.165, 1.54) is 29.8 Å². The number of esters is 1. The Balaban J connectivity index is 1.76. The molecule has 0 saturated heterocycles. The summed E-state index contributed by atoms with van der Waals surface area (Å²) in [6.07, 6.45) is 0.951. The predicted molar refractivity (Wildman–Crippen MR) is 79.7 cm³/mol. The highest BCUT2D eigenvalue weighted by Gasteiger charge is 2.06. The van der Waals surface area contributed by atoms with Crippen LogP contribution in [-0.2, 0) is 11.2 Å². The Bertz CT molecular complexity index is 590.